The Bertz CT molecular complexity index is 602. The van der Waals surface area contributed by atoms with E-state index in [2.05, 4.69) is 11.8 Å². The van der Waals surface area contributed by atoms with E-state index < -0.39 is 0 Å². The summed E-state index contributed by atoms with van der Waals surface area (Å²) in [5.41, 5.74) is 0.670. The van der Waals surface area contributed by atoms with Gasteiger partial charge >= 0.3 is 0 Å². The summed E-state index contributed by atoms with van der Waals surface area (Å²) in [7, 11) is 0. The molecule has 1 saturated heterocycles. The highest BCUT2D eigenvalue weighted by atomic mass is 16.5. The summed E-state index contributed by atoms with van der Waals surface area (Å²) >= 11 is 0. The van der Waals surface area contributed by atoms with Crippen LogP contribution in [0.3, 0.4) is 0 Å². The molecule has 3 rings (SSSR count). The second-order valence-electron chi connectivity index (χ2n) is 7.56. The van der Waals surface area contributed by atoms with E-state index in [1.807, 2.05) is 43.0 Å². The van der Waals surface area contributed by atoms with Crippen molar-refractivity contribution in [2.24, 2.45) is 0 Å². The lowest BCUT2D eigenvalue weighted by Crippen LogP contribution is -2.56. The monoisotopic (exact) mass is 332 g/mol. The van der Waals surface area contributed by atoms with E-state index in [9.17, 15) is 4.79 Å². The summed E-state index contributed by atoms with van der Waals surface area (Å²) in [6.07, 6.45) is 0.701. The van der Waals surface area contributed by atoms with E-state index in [0.29, 0.717) is 13.0 Å². The molecule has 1 fully saturated rings. The number of hydrogen-bond donors (Lipinski definition) is 1. The summed E-state index contributed by atoms with van der Waals surface area (Å²) < 4.78 is 6.06. The van der Waals surface area contributed by atoms with Crippen LogP contribution in [0, 0.1) is 0 Å². The number of piperazine rings is 1. The minimum atomic E-state index is -0.337. The van der Waals surface area contributed by atoms with Crippen LogP contribution in [0.1, 0.15) is 38.7 Å². The van der Waals surface area contributed by atoms with Gasteiger partial charge in [-0.2, -0.15) is 0 Å². The van der Waals surface area contributed by atoms with Gasteiger partial charge in [0.15, 0.2) is 0 Å². The Kier molecular flexibility index (Phi) is 4.83. The Morgan fingerprint density at radius 2 is 2.08 bits per heavy atom. The maximum Gasteiger partial charge on any atom is 0.230 e. The molecule has 1 N–H and O–H groups in total. The number of amides is 1. The van der Waals surface area contributed by atoms with Gasteiger partial charge in [-0.25, -0.2) is 0 Å². The minimum Gasteiger partial charge on any atom is -0.488 e. The average Bonchev–Trinajstić information content (AvgIpc) is 2.53. The highest BCUT2D eigenvalue weighted by Crippen LogP contribution is 2.41. The van der Waals surface area contributed by atoms with E-state index in [1.165, 1.54) is 0 Å². The summed E-state index contributed by atoms with van der Waals surface area (Å²) in [6, 6.07) is 8.07. The van der Waals surface area contributed by atoms with E-state index in [-0.39, 0.29) is 30.1 Å². The molecule has 0 aromatic heterocycles. The lowest BCUT2D eigenvalue weighted by molar-refractivity contribution is -0.139. The van der Waals surface area contributed by atoms with Crippen LogP contribution in [0.2, 0.25) is 0 Å². The third-order valence-electron chi connectivity index (χ3n) is 5.09. The first-order chi connectivity index (χ1) is 11.4. The number of nitrogens with zero attached hydrogens (tertiary/aromatic N) is 2. The van der Waals surface area contributed by atoms with Crippen LogP contribution in [0.4, 0.5) is 0 Å². The second-order valence-corrected chi connectivity index (χ2v) is 7.56. The number of ether oxygens (including phenoxy) is 1. The van der Waals surface area contributed by atoms with Crippen molar-refractivity contribution in [3.8, 4) is 5.75 Å². The zero-order valence-electron chi connectivity index (χ0n) is 14.9. The molecule has 5 nitrogen and oxygen atoms in total. The average molecular weight is 332 g/mol. The maximum atomic E-state index is 13.3. The van der Waals surface area contributed by atoms with Crippen LogP contribution in [-0.4, -0.2) is 65.2 Å². The van der Waals surface area contributed by atoms with Crippen LogP contribution < -0.4 is 4.74 Å². The number of para-hydroxylation sites is 1. The van der Waals surface area contributed by atoms with Gasteiger partial charge < -0.3 is 14.7 Å². The van der Waals surface area contributed by atoms with Gasteiger partial charge in [0, 0.05) is 44.2 Å². The van der Waals surface area contributed by atoms with Crippen molar-refractivity contribution >= 4 is 5.91 Å². The maximum absolute atomic E-state index is 13.3. The molecular weight excluding hydrogens is 304 g/mol. The normalized spacial score (nSPS) is 26.6. The summed E-state index contributed by atoms with van der Waals surface area (Å²) in [5.74, 6) is 0.894. The smallest absolute Gasteiger partial charge is 0.230 e. The van der Waals surface area contributed by atoms with Crippen molar-refractivity contribution in [3.63, 3.8) is 0 Å². The summed E-state index contributed by atoms with van der Waals surface area (Å²) in [4.78, 5) is 17.5. The molecule has 1 amide bonds. The number of hydrogen-bond acceptors (Lipinski definition) is 4. The molecule has 1 aromatic carbocycles. The van der Waals surface area contributed by atoms with Crippen molar-refractivity contribution in [2.45, 2.75) is 44.8 Å². The highest BCUT2D eigenvalue weighted by Gasteiger charge is 2.40. The van der Waals surface area contributed by atoms with Crippen LogP contribution in [0.15, 0.2) is 24.3 Å². The van der Waals surface area contributed by atoms with Gasteiger partial charge in [-0.1, -0.05) is 18.2 Å². The first-order valence-electron chi connectivity index (χ1n) is 8.83. The number of carbonyl (C=O) groups excluding carboxylic acids is 1. The molecule has 0 saturated carbocycles. The molecule has 0 bridgehead atoms. The number of fused-ring (bicyclic) bond motifs is 1. The van der Waals surface area contributed by atoms with Gasteiger partial charge in [-0.05, 0) is 26.8 Å². The third-order valence-corrected chi connectivity index (χ3v) is 5.09. The van der Waals surface area contributed by atoms with E-state index >= 15 is 0 Å². The number of aliphatic hydroxyl groups excluding tert-OH is 1. The quantitative estimate of drug-likeness (QED) is 0.918. The van der Waals surface area contributed by atoms with Crippen LogP contribution in [0.5, 0.6) is 5.75 Å². The Hall–Kier alpha value is -1.59. The van der Waals surface area contributed by atoms with Crippen molar-refractivity contribution in [3.05, 3.63) is 29.8 Å². The molecule has 2 unspecified atom stereocenters. The number of β-amino-alcohol motifs (C(OH)–C–C–N with tert-alkyl or cyclic N) is 1. The molecule has 2 heterocycles. The Labute approximate surface area is 144 Å². The van der Waals surface area contributed by atoms with Crippen molar-refractivity contribution < 1.29 is 14.6 Å². The molecular formula is C19H28N2O3. The fourth-order valence-electron chi connectivity index (χ4n) is 3.93. The van der Waals surface area contributed by atoms with Gasteiger partial charge in [0.05, 0.1) is 12.5 Å². The van der Waals surface area contributed by atoms with Gasteiger partial charge in [0.2, 0.25) is 5.91 Å². The second kappa shape index (κ2) is 6.73. The lowest BCUT2D eigenvalue weighted by atomic mass is 9.83. The predicted molar refractivity (Wildman–Crippen MR) is 93.2 cm³/mol. The molecule has 1 aromatic rings. The Morgan fingerprint density at radius 1 is 1.33 bits per heavy atom. The number of rotatable bonds is 3. The summed E-state index contributed by atoms with van der Waals surface area (Å²) in [6.45, 7) is 9.41. The largest absolute Gasteiger partial charge is 0.488 e. The SMILES string of the molecule is CC1CN(CCO)CCN1C(=O)C1CC(C)(C)Oc2ccccc21. The standard InChI is InChI=1S/C19H28N2O3/c1-14-13-20(10-11-22)8-9-21(14)18(23)16-12-19(2,3)24-17-7-5-4-6-15(16)17/h4-7,14,16,22H,8-13H2,1-3H3. The highest BCUT2D eigenvalue weighted by molar-refractivity contribution is 5.85. The van der Waals surface area contributed by atoms with Gasteiger partial charge in [-0.3, -0.25) is 9.69 Å². The summed E-state index contributed by atoms with van der Waals surface area (Å²) in [5, 5.41) is 9.11. The molecule has 0 radical (unpaired) electrons. The fraction of sp³-hybridized carbons (Fsp3) is 0.632. The van der Waals surface area contributed by atoms with E-state index in [4.69, 9.17) is 9.84 Å². The molecule has 2 aliphatic rings. The van der Waals surface area contributed by atoms with Crippen molar-refractivity contribution in [1.29, 1.82) is 0 Å². The lowest BCUT2D eigenvalue weighted by Gasteiger charge is -2.43. The van der Waals surface area contributed by atoms with Gasteiger partial charge in [0.1, 0.15) is 11.4 Å². The number of aliphatic hydroxyl groups is 1. The van der Waals surface area contributed by atoms with Crippen LogP contribution in [0.25, 0.3) is 0 Å². The first-order valence-corrected chi connectivity index (χ1v) is 8.83. The van der Waals surface area contributed by atoms with Crippen LogP contribution in [-0.2, 0) is 4.79 Å². The molecule has 2 aliphatic heterocycles. The molecule has 0 aliphatic carbocycles. The fourth-order valence-corrected chi connectivity index (χ4v) is 3.93. The molecule has 2 atom stereocenters. The first kappa shape index (κ1) is 17.2. The van der Waals surface area contributed by atoms with Gasteiger partial charge in [0.25, 0.3) is 0 Å². The zero-order chi connectivity index (χ0) is 17.3. The molecule has 24 heavy (non-hydrogen) atoms. The van der Waals surface area contributed by atoms with Crippen LogP contribution >= 0.6 is 0 Å². The number of carbonyl (C=O) groups is 1. The Balaban J connectivity index is 1.80. The van der Waals surface area contributed by atoms with E-state index in [0.717, 1.165) is 30.9 Å². The minimum absolute atomic E-state index is 0.142. The Morgan fingerprint density at radius 3 is 2.79 bits per heavy atom. The molecule has 132 valence electrons. The van der Waals surface area contributed by atoms with Gasteiger partial charge in [-0.15, -0.1) is 0 Å². The predicted octanol–water partition coefficient (Wildman–Crippen LogP) is 1.86. The molecule has 5 heteroatoms. The topological polar surface area (TPSA) is 53.0 Å². The van der Waals surface area contributed by atoms with Crippen molar-refractivity contribution in [2.75, 3.05) is 32.8 Å². The van der Waals surface area contributed by atoms with Crippen molar-refractivity contribution in [1.82, 2.24) is 9.80 Å². The third kappa shape index (κ3) is 3.42. The van der Waals surface area contributed by atoms with E-state index in [1.54, 1.807) is 0 Å². The zero-order valence-corrected chi connectivity index (χ0v) is 14.9. The molecule has 0 spiro atoms. The number of benzene rings is 1.